The van der Waals surface area contributed by atoms with Crippen molar-refractivity contribution in [3.05, 3.63) is 35.4 Å². The molecule has 0 radical (unpaired) electrons. The number of nitrogens with two attached hydrogens (primary N) is 1. The number of aromatic hydroxyl groups is 2. The van der Waals surface area contributed by atoms with Gasteiger partial charge in [0.15, 0.2) is 29.6 Å². The molecule has 1 aromatic rings. The molecule has 280 valence electrons. The number of rotatable bonds is 11. The average Bonchev–Trinajstić information content (AvgIpc) is 3.26. The molecule has 0 aromatic heterocycles. The number of alkyl halides is 1. The van der Waals surface area contributed by atoms with Crippen molar-refractivity contribution in [3.8, 4) is 23.0 Å². The summed E-state index contributed by atoms with van der Waals surface area (Å²) < 4.78 is 58.1. The van der Waals surface area contributed by atoms with Gasteiger partial charge >= 0.3 is 13.8 Å². The first-order chi connectivity index (χ1) is 23.7. The number of hydrogen-bond acceptors (Lipinski definition) is 13. The van der Waals surface area contributed by atoms with Crippen LogP contribution < -0.4 is 15.2 Å². The molecular formula is C35H45FNO13P. The maximum atomic E-state index is 18.4. The zero-order valence-electron chi connectivity index (χ0n) is 29.3. The molecule has 1 aromatic carbocycles. The number of benzene rings is 1. The number of phosphoric ester groups is 1. The second kappa shape index (κ2) is 13.3. The van der Waals surface area contributed by atoms with Crippen LogP contribution >= 0.6 is 7.82 Å². The third-order valence-corrected chi connectivity index (χ3v) is 12.8. The molecule has 0 heterocycles. The van der Waals surface area contributed by atoms with Gasteiger partial charge in [-0.15, -0.1) is 0 Å². The summed E-state index contributed by atoms with van der Waals surface area (Å²) in [6.45, 7) is 4.69. The zero-order valence-corrected chi connectivity index (χ0v) is 30.2. The van der Waals surface area contributed by atoms with E-state index in [4.69, 9.17) is 29.0 Å². The Hall–Kier alpha value is -3.75. The highest BCUT2D eigenvalue weighted by Crippen LogP contribution is 2.72. The number of anilines is 1. The van der Waals surface area contributed by atoms with E-state index in [0.717, 1.165) is 6.92 Å². The van der Waals surface area contributed by atoms with Gasteiger partial charge in [-0.2, -0.15) is 0 Å². The van der Waals surface area contributed by atoms with Crippen molar-refractivity contribution in [2.45, 2.75) is 70.8 Å². The Morgan fingerprint density at radius 1 is 1.14 bits per heavy atom. The van der Waals surface area contributed by atoms with Gasteiger partial charge in [0.25, 0.3) is 0 Å². The van der Waals surface area contributed by atoms with Crippen LogP contribution in [0.1, 0.15) is 58.9 Å². The first kappa shape index (κ1) is 38.5. The second-order valence-corrected chi connectivity index (χ2v) is 15.6. The van der Waals surface area contributed by atoms with Crippen molar-refractivity contribution in [2.75, 3.05) is 33.2 Å². The molecule has 4 aliphatic rings. The number of halogens is 1. The number of phenols is 2. The van der Waals surface area contributed by atoms with Gasteiger partial charge in [-0.25, -0.2) is 8.96 Å². The minimum Gasteiger partial charge on any atom is -0.504 e. The van der Waals surface area contributed by atoms with Crippen LogP contribution in [-0.2, 0) is 32.7 Å². The summed E-state index contributed by atoms with van der Waals surface area (Å²) in [6.07, 6.45) is 5.08. The van der Waals surface area contributed by atoms with Gasteiger partial charge in [-0.1, -0.05) is 37.6 Å². The molecule has 51 heavy (non-hydrogen) atoms. The normalized spacial score (nSPS) is 35.3. The fourth-order valence-corrected chi connectivity index (χ4v) is 10.1. The van der Waals surface area contributed by atoms with Crippen molar-refractivity contribution in [2.24, 2.45) is 28.6 Å². The number of ketones is 2. The van der Waals surface area contributed by atoms with Crippen LogP contribution in [0, 0.1) is 28.6 Å². The maximum absolute atomic E-state index is 18.4. The molecule has 3 fully saturated rings. The molecule has 0 aliphatic heterocycles. The number of phosphoric acid groups is 1. The van der Waals surface area contributed by atoms with E-state index in [2.05, 4.69) is 0 Å². The molecule has 3 saturated carbocycles. The van der Waals surface area contributed by atoms with Crippen LogP contribution in [0.4, 0.5) is 10.1 Å². The molecule has 16 heteroatoms. The van der Waals surface area contributed by atoms with E-state index in [0.29, 0.717) is 12.0 Å². The highest BCUT2D eigenvalue weighted by Gasteiger charge is 2.76. The largest absolute Gasteiger partial charge is 0.504 e. The van der Waals surface area contributed by atoms with E-state index in [9.17, 15) is 39.2 Å². The Bertz CT molecular complexity index is 1780. The zero-order chi connectivity index (χ0) is 37.9. The van der Waals surface area contributed by atoms with Crippen LogP contribution in [0.5, 0.6) is 23.0 Å². The molecule has 5 rings (SSSR count). The van der Waals surface area contributed by atoms with Crippen molar-refractivity contribution in [1.82, 2.24) is 0 Å². The molecule has 14 nitrogen and oxygen atoms in total. The quantitative estimate of drug-likeness (QED) is 0.0702. The minimum atomic E-state index is -5.14. The van der Waals surface area contributed by atoms with E-state index in [1.54, 1.807) is 20.8 Å². The van der Waals surface area contributed by atoms with Crippen LogP contribution in [0.2, 0.25) is 0 Å². The highest BCUT2D eigenvalue weighted by atomic mass is 31.2. The number of Topliss-reactive ketones (excluding diaryl/α,β-unsaturated/α-hetero) is 1. The summed E-state index contributed by atoms with van der Waals surface area (Å²) in [5, 5.41) is 33.3. The number of phenolic OH excluding ortho intramolecular Hbond substituents is 2. The number of methoxy groups -OCH3 is 2. The number of allylic oxidation sites excluding steroid dienone is 4. The Labute approximate surface area is 294 Å². The van der Waals surface area contributed by atoms with Gasteiger partial charge in [0.1, 0.15) is 11.7 Å². The van der Waals surface area contributed by atoms with Gasteiger partial charge in [0, 0.05) is 29.2 Å². The number of nitrogen functional groups attached to an aromatic ring is 1. The molecular weight excluding hydrogens is 692 g/mol. The van der Waals surface area contributed by atoms with Crippen LogP contribution in [0.25, 0.3) is 6.08 Å². The number of ether oxygens (including phenoxy) is 3. The molecule has 0 spiro atoms. The molecule has 1 unspecified atom stereocenters. The Morgan fingerprint density at radius 3 is 2.41 bits per heavy atom. The van der Waals surface area contributed by atoms with Crippen molar-refractivity contribution < 1.29 is 66.8 Å². The molecule has 6 N–H and O–H groups in total. The van der Waals surface area contributed by atoms with Crippen molar-refractivity contribution in [3.63, 3.8) is 0 Å². The number of hydrogen-bond donors (Lipinski definition) is 5. The van der Waals surface area contributed by atoms with Crippen LogP contribution in [0.3, 0.4) is 0 Å². The maximum Gasteiger partial charge on any atom is 0.472 e. The lowest BCUT2D eigenvalue weighted by atomic mass is 9.44. The smallest absolute Gasteiger partial charge is 0.472 e. The number of carbonyl (C=O) groups is 3. The Balaban J connectivity index is 1.49. The summed E-state index contributed by atoms with van der Waals surface area (Å²) in [5.41, 5.74) is -1.31. The van der Waals surface area contributed by atoms with Crippen LogP contribution in [-0.4, -0.2) is 82.6 Å². The predicted molar refractivity (Wildman–Crippen MR) is 180 cm³/mol. The van der Waals surface area contributed by atoms with Gasteiger partial charge in [0.2, 0.25) is 17.3 Å². The van der Waals surface area contributed by atoms with E-state index in [1.807, 2.05) is 0 Å². The van der Waals surface area contributed by atoms with E-state index >= 15 is 4.39 Å². The molecule has 0 bridgehead atoms. The topological polar surface area (TPSA) is 221 Å². The molecule has 0 amide bonds. The number of fused-ring (bicyclic) bond motifs is 5. The SMILES string of the molecule is COc1c(O)c(N)c(/C=C/COP(=O)(O)O[C@H]2C[C@@]3(C)[C@@H](C[C@H](C)[C@@]3(O)C(=O)COC(C)=O)[C@@H]3CCC4=CC(=O)C=C[C@]4(C)[C@@]23F)c(O)c1OC. The van der Waals surface area contributed by atoms with Crippen molar-refractivity contribution >= 4 is 37.1 Å². The Morgan fingerprint density at radius 2 is 1.78 bits per heavy atom. The van der Waals surface area contributed by atoms with Crippen molar-refractivity contribution in [1.29, 1.82) is 0 Å². The van der Waals surface area contributed by atoms with E-state index in [-0.39, 0.29) is 41.4 Å². The number of esters is 1. The fourth-order valence-electron chi connectivity index (χ4n) is 9.25. The third-order valence-electron chi connectivity index (χ3n) is 11.8. The highest BCUT2D eigenvalue weighted by molar-refractivity contribution is 7.47. The second-order valence-electron chi connectivity index (χ2n) is 14.2. The van der Waals surface area contributed by atoms with E-state index < -0.39 is 96.7 Å². The summed E-state index contributed by atoms with van der Waals surface area (Å²) in [5.74, 6) is -5.46. The minimum absolute atomic E-state index is 0.111. The van der Waals surface area contributed by atoms with Gasteiger partial charge in [-0.05, 0) is 56.6 Å². The lowest BCUT2D eigenvalue weighted by Crippen LogP contribution is -2.69. The summed E-state index contributed by atoms with van der Waals surface area (Å²) in [6, 6.07) is 0. The average molecular weight is 738 g/mol. The monoisotopic (exact) mass is 737 g/mol. The number of carbonyl (C=O) groups excluding carboxylic acids is 3. The van der Waals surface area contributed by atoms with Gasteiger partial charge < -0.3 is 40.2 Å². The lowest BCUT2D eigenvalue weighted by molar-refractivity contribution is -0.216. The summed E-state index contributed by atoms with van der Waals surface area (Å²) >= 11 is 0. The molecule has 4 aliphatic carbocycles. The third kappa shape index (κ3) is 5.87. The molecule has 9 atom stereocenters. The van der Waals surface area contributed by atoms with Crippen LogP contribution in [0.15, 0.2) is 29.9 Å². The fraction of sp³-hybridized carbons (Fsp3) is 0.571. The predicted octanol–water partition coefficient (Wildman–Crippen LogP) is 4.33. The summed E-state index contributed by atoms with van der Waals surface area (Å²) in [7, 11) is -2.67. The van der Waals surface area contributed by atoms with Gasteiger partial charge in [-0.3, -0.25) is 23.4 Å². The number of aliphatic hydroxyl groups is 1. The first-order valence-corrected chi connectivity index (χ1v) is 18.0. The van der Waals surface area contributed by atoms with E-state index in [1.165, 1.54) is 44.6 Å². The lowest BCUT2D eigenvalue weighted by Gasteiger charge is -2.63. The molecule has 0 saturated heterocycles. The summed E-state index contributed by atoms with van der Waals surface area (Å²) in [4.78, 5) is 48.6. The Kier molecular flexibility index (Phi) is 10.1. The standard InChI is InChI=1S/C35H45FNO13P/c1-18-14-24-23-10-9-20-15-21(39)11-12-32(20,3)34(23,36)26(16-33(24,4)35(18,43)25(40)17-48-19(2)38)50-51(44,45)49-13-7-8-22-27(37)29(42)31(47-6)30(46-5)28(22)41/h7-8,11-12,15,18,23-24,26,41-43H,9-10,13-14,16-17,37H2,1-6H3,(H,44,45)/b8-7+/t18-,23-,24-,26-,32-,33-,34-,35+/m0/s1. The first-order valence-electron chi connectivity index (χ1n) is 16.5. The van der Waals surface area contributed by atoms with Gasteiger partial charge in [0.05, 0.1) is 26.5 Å².